The van der Waals surface area contributed by atoms with Gasteiger partial charge < -0.3 is 10.1 Å². The molecule has 0 bridgehead atoms. The van der Waals surface area contributed by atoms with Crippen LogP contribution < -0.4 is 5.32 Å². The molecule has 84 valence electrons. The summed E-state index contributed by atoms with van der Waals surface area (Å²) in [6, 6.07) is 4.91. The first kappa shape index (κ1) is 12.1. The first-order chi connectivity index (χ1) is 7.24. The van der Waals surface area contributed by atoms with E-state index in [1.54, 1.807) is 7.11 Å². The average molecular weight is 208 g/mol. The van der Waals surface area contributed by atoms with Crippen molar-refractivity contribution in [1.82, 2.24) is 10.3 Å². The second-order valence-corrected chi connectivity index (χ2v) is 3.85. The average Bonchev–Trinajstić information content (AvgIpc) is 2.27. The minimum absolute atomic E-state index is 0.361. The molecule has 0 amide bonds. The summed E-state index contributed by atoms with van der Waals surface area (Å²) in [5.74, 6) is 0. The van der Waals surface area contributed by atoms with Gasteiger partial charge in [-0.1, -0.05) is 0 Å². The van der Waals surface area contributed by atoms with Gasteiger partial charge in [0.15, 0.2) is 0 Å². The summed E-state index contributed by atoms with van der Waals surface area (Å²) in [7, 11) is 1.74. The fourth-order valence-electron chi connectivity index (χ4n) is 1.55. The van der Waals surface area contributed by atoms with Crippen LogP contribution in [0.1, 0.15) is 31.9 Å². The van der Waals surface area contributed by atoms with E-state index in [1.807, 2.05) is 24.5 Å². The van der Waals surface area contributed by atoms with Crippen molar-refractivity contribution in [1.29, 1.82) is 0 Å². The van der Waals surface area contributed by atoms with Gasteiger partial charge in [-0.2, -0.15) is 0 Å². The summed E-state index contributed by atoms with van der Waals surface area (Å²) in [6.45, 7) is 5.15. The van der Waals surface area contributed by atoms with Gasteiger partial charge in [-0.05, 0) is 38.0 Å². The topological polar surface area (TPSA) is 34.1 Å². The van der Waals surface area contributed by atoms with Crippen molar-refractivity contribution in [2.75, 3.05) is 13.7 Å². The van der Waals surface area contributed by atoms with Gasteiger partial charge in [0.25, 0.3) is 0 Å². The molecule has 0 fully saturated rings. The third-order valence-corrected chi connectivity index (χ3v) is 2.50. The molecule has 0 aliphatic rings. The molecule has 15 heavy (non-hydrogen) atoms. The highest BCUT2D eigenvalue weighted by Gasteiger charge is 2.08. The monoisotopic (exact) mass is 208 g/mol. The summed E-state index contributed by atoms with van der Waals surface area (Å²) in [5.41, 5.74) is 1.27. The van der Waals surface area contributed by atoms with E-state index in [4.69, 9.17) is 4.74 Å². The van der Waals surface area contributed by atoms with Crippen LogP contribution in [-0.4, -0.2) is 24.7 Å². The van der Waals surface area contributed by atoms with E-state index in [2.05, 4.69) is 24.1 Å². The summed E-state index contributed by atoms with van der Waals surface area (Å²) in [4.78, 5) is 4.01. The number of nitrogens with one attached hydrogen (secondary N) is 1. The van der Waals surface area contributed by atoms with Gasteiger partial charge in [-0.3, -0.25) is 4.98 Å². The van der Waals surface area contributed by atoms with Crippen LogP contribution in [0.15, 0.2) is 24.5 Å². The number of rotatable bonds is 6. The molecule has 2 atom stereocenters. The predicted molar refractivity (Wildman–Crippen MR) is 61.7 cm³/mol. The smallest absolute Gasteiger partial charge is 0.0476 e. The van der Waals surface area contributed by atoms with Crippen LogP contribution in [0.25, 0.3) is 0 Å². The fraction of sp³-hybridized carbons (Fsp3) is 0.583. The maximum Gasteiger partial charge on any atom is 0.0476 e. The highest BCUT2D eigenvalue weighted by Crippen LogP contribution is 2.11. The van der Waals surface area contributed by atoms with Crippen molar-refractivity contribution in [3.05, 3.63) is 30.1 Å². The Balaban J connectivity index is 2.38. The number of pyridine rings is 1. The van der Waals surface area contributed by atoms with Crippen LogP contribution in [0.2, 0.25) is 0 Å². The number of nitrogens with zero attached hydrogens (tertiary/aromatic N) is 1. The normalized spacial score (nSPS) is 14.9. The molecule has 3 nitrogen and oxygen atoms in total. The Bertz CT molecular complexity index is 264. The molecule has 0 aliphatic heterocycles. The SMILES string of the molecule is COCCC(C)N[C@H](C)c1ccncc1. The lowest BCUT2D eigenvalue weighted by atomic mass is 10.1. The lowest BCUT2D eigenvalue weighted by Gasteiger charge is -2.19. The maximum absolute atomic E-state index is 5.05. The van der Waals surface area contributed by atoms with E-state index in [0.717, 1.165) is 13.0 Å². The molecular weight excluding hydrogens is 188 g/mol. The fourth-order valence-corrected chi connectivity index (χ4v) is 1.55. The molecule has 1 aromatic heterocycles. The Morgan fingerprint density at radius 2 is 2.00 bits per heavy atom. The Morgan fingerprint density at radius 3 is 2.60 bits per heavy atom. The zero-order valence-electron chi connectivity index (χ0n) is 9.73. The van der Waals surface area contributed by atoms with E-state index in [0.29, 0.717) is 12.1 Å². The van der Waals surface area contributed by atoms with E-state index in [9.17, 15) is 0 Å². The van der Waals surface area contributed by atoms with Gasteiger partial charge in [-0.15, -0.1) is 0 Å². The zero-order valence-corrected chi connectivity index (χ0v) is 9.73. The van der Waals surface area contributed by atoms with Crippen LogP contribution >= 0.6 is 0 Å². The van der Waals surface area contributed by atoms with Gasteiger partial charge in [0, 0.05) is 38.2 Å². The minimum atomic E-state index is 0.361. The Morgan fingerprint density at radius 1 is 1.33 bits per heavy atom. The Hall–Kier alpha value is -0.930. The first-order valence-corrected chi connectivity index (χ1v) is 5.39. The second-order valence-electron chi connectivity index (χ2n) is 3.85. The van der Waals surface area contributed by atoms with Gasteiger partial charge in [0.05, 0.1) is 0 Å². The van der Waals surface area contributed by atoms with E-state index < -0.39 is 0 Å². The molecule has 1 heterocycles. The summed E-state index contributed by atoms with van der Waals surface area (Å²) in [6.07, 6.45) is 4.69. The van der Waals surface area contributed by atoms with Crippen molar-refractivity contribution in [2.45, 2.75) is 32.4 Å². The zero-order chi connectivity index (χ0) is 11.1. The van der Waals surface area contributed by atoms with Gasteiger partial charge >= 0.3 is 0 Å². The number of hydrogen-bond donors (Lipinski definition) is 1. The van der Waals surface area contributed by atoms with E-state index in [-0.39, 0.29) is 0 Å². The molecule has 1 unspecified atom stereocenters. The Labute approximate surface area is 91.9 Å². The quantitative estimate of drug-likeness (QED) is 0.778. The molecule has 1 aromatic rings. The van der Waals surface area contributed by atoms with Gasteiger partial charge in [0.2, 0.25) is 0 Å². The van der Waals surface area contributed by atoms with E-state index in [1.165, 1.54) is 5.56 Å². The summed E-state index contributed by atoms with van der Waals surface area (Å²) < 4.78 is 5.05. The lowest BCUT2D eigenvalue weighted by Crippen LogP contribution is -2.29. The van der Waals surface area contributed by atoms with Crippen LogP contribution in [-0.2, 0) is 4.74 Å². The third kappa shape index (κ3) is 4.40. The molecule has 0 aromatic carbocycles. The highest BCUT2D eigenvalue weighted by molar-refractivity contribution is 5.14. The Kier molecular flexibility index (Phi) is 5.29. The van der Waals surface area contributed by atoms with Crippen molar-refractivity contribution in [2.24, 2.45) is 0 Å². The number of hydrogen-bond acceptors (Lipinski definition) is 3. The van der Waals surface area contributed by atoms with Crippen LogP contribution in [0.3, 0.4) is 0 Å². The van der Waals surface area contributed by atoms with Crippen molar-refractivity contribution in [3.63, 3.8) is 0 Å². The molecule has 0 saturated heterocycles. The van der Waals surface area contributed by atoms with Crippen LogP contribution in [0.4, 0.5) is 0 Å². The molecule has 0 saturated carbocycles. The molecule has 1 rings (SSSR count). The van der Waals surface area contributed by atoms with Crippen molar-refractivity contribution in [3.8, 4) is 0 Å². The largest absolute Gasteiger partial charge is 0.385 e. The lowest BCUT2D eigenvalue weighted by molar-refractivity contribution is 0.183. The standard InChI is InChI=1S/C12H20N2O/c1-10(6-9-15-3)14-11(2)12-4-7-13-8-5-12/h4-5,7-8,10-11,14H,6,9H2,1-3H3/t10?,11-/m1/s1. The predicted octanol–water partition coefficient (Wildman–Crippen LogP) is 2.16. The van der Waals surface area contributed by atoms with E-state index >= 15 is 0 Å². The maximum atomic E-state index is 5.05. The summed E-state index contributed by atoms with van der Waals surface area (Å²) >= 11 is 0. The molecule has 0 spiro atoms. The molecular formula is C12H20N2O. The van der Waals surface area contributed by atoms with Gasteiger partial charge in [-0.25, -0.2) is 0 Å². The third-order valence-electron chi connectivity index (χ3n) is 2.50. The van der Waals surface area contributed by atoms with Crippen LogP contribution in [0.5, 0.6) is 0 Å². The summed E-state index contributed by atoms with van der Waals surface area (Å²) in [5, 5.41) is 3.52. The first-order valence-electron chi connectivity index (χ1n) is 5.39. The molecule has 1 N–H and O–H groups in total. The molecule has 3 heteroatoms. The van der Waals surface area contributed by atoms with Crippen molar-refractivity contribution < 1.29 is 4.74 Å². The minimum Gasteiger partial charge on any atom is -0.385 e. The number of methoxy groups -OCH3 is 1. The molecule has 0 radical (unpaired) electrons. The highest BCUT2D eigenvalue weighted by atomic mass is 16.5. The second kappa shape index (κ2) is 6.53. The van der Waals surface area contributed by atoms with Crippen molar-refractivity contribution >= 4 is 0 Å². The number of ether oxygens (including phenoxy) is 1. The van der Waals surface area contributed by atoms with Gasteiger partial charge in [0.1, 0.15) is 0 Å². The number of aromatic nitrogens is 1. The van der Waals surface area contributed by atoms with Crippen LogP contribution in [0, 0.1) is 0 Å². The molecule has 0 aliphatic carbocycles.